The molecule has 1 aliphatic carbocycles. The van der Waals surface area contributed by atoms with Crippen LogP contribution in [0.15, 0.2) is 48.5 Å². The lowest BCUT2D eigenvalue weighted by molar-refractivity contribution is -0.137. The summed E-state index contributed by atoms with van der Waals surface area (Å²) in [5.41, 5.74) is 1.42. The number of nitrogens with one attached hydrogen (secondary N) is 2. The van der Waals surface area contributed by atoms with Crippen molar-refractivity contribution in [2.45, 2.75) is 44.3 Å². The quantitative estimate of drug-likeness (QED) is 0.663. The van der Waals surface area contributed by atoms with Crippen molar-refractivity contribution in [3.8, 4) is 0 Å². The minimum atomic E-state index is -4.35. The van der Waals surface area contributed by atoms with E-state index in [1.54, 1.807) is 6.07 Å². The molecule has 0 amide bonds. The van der Waals surface area contributed by atoms with Gasteiger partial charge in [-0.15, -0.1) is 0 Å². The van der Waals surface area contributed by atoms with Crippen LogP contribution in [0.25, 0.3) is 0 Å². The first kappa shape index (κ1) is 18.7. The molecular formula is C20H21F3N2S. The Morgan fingerprint density at radius 2 is 1.73 bits per heavy atom. The molecule has 2 aromatic rings. The molecular weight excluding hydrogens is 357 g/mol. The average molecular weight is 378 g/mol. The van der Waals surface area contributed by atoms with Crippen LogP contribution in [0.4, 0.5) is 18.9 Å². The zero-order chi connectivity index (χ0) is 18.8. The van der Waals surface area contributed by atoms with E-state index in [1.165, 1.54) is 12.1 Å². The van der Waals surface area contributed by atoms with Crippen molar-refractivity contribution in [1.82, 2.24) is 5.32 Å². The molecule has 1 saturated carbocycles. The zero-order valence-electron chi connectivity index (χ0n) is 14.5. The van der Waals surface area contributed by atoms with Crippen LogP contribution in [-0.2, 0) is 11.7 Å². The SMILES string of the molecule is Cc1cccc(NC(=S)NC2(c3cccc(C(F)(F)F)c3)CCCC2)c1. The van der Waals surface area contributed by atoms with Gasteiger partial charge in [0, 0.05) is 5.69 Å². The topological polar surface area (TPSA) is 24.1 Å². The Morgan fingerprint density at radius 1 is 1.04 bits per heavy atom. The summed E-state index contributed by atoms with van der Waals surface area (Å²) in [6.45, 7) is 1.99. The fourth-order valence-electron chi connectivity index (χ4n) is 3.56. The molecule has 0 aliphatic heterocycles. The van der Waals surface area contributed by atoms with Gasteiger partial charge in [0.05, 0.1) is 11.1 Å². The second kappa shape index (κ2) is 7.27. The number of thiocarbonyl (C=S) groups is 1. The van der Waals surface area contributed by atoms with E-state index in [4.69, 9.17) is 12.2 Å². The van der Waals surface area contributed by atoms with Gasteiger partial charge >= 0.3 is 6.18 Å². The first-order valence-corrected chi connectivity index (χ1v) is 9.03. The minimum Gasteiger partial charge on any atom is -0.353 e. The van der Waals surface area contributed by atoms with E-state index in [9.17, 15) is 13.2 Å². The summed E-state index contributed by atoms with van der Waals surface area (Å²) >= 11 is 5.45. The second-order valence-corrected chi connectivity index (χ2v) is 7.22. The zero-order valence-corrected chi connectivity index (χ0v) is 15.3. The molecule has 0 bridgehead atoms. The molecule has 0 spiro atoms. The van der Waals surface area contributed by atoms with Gasteiger partial charge in [-0.2, -0.15) is 13.2 Å². The van der Waals surface area contributed by atoms with E-state index in [1.807, 2.05) is 31.2 Å². The molecule has 138 valence electrons. The van der Waals surface area contributed by atoms with Crippen LogP contribution >= 0.6 is 12.2 Å². The monoisotopic (exact) mass is 378 g/mol. The second-order valence-electron chi connectivity index (χ2n) is 6.82. The Hall–Kier alpha value is -2.08. The summed E-state index contributed by atoms with van der Waals surface area (Å²) in [5.74, 6) is 0. The van der Waals surface area contributed by atoms with E-state index < -0.39 is 17.3 Å². The van der Waals surface area contributed by atoms with Gasteiger partial charge in [-0.05, 0) is 67.4 Å². The van der Waals surface area contributed by atoms with E-state index in [-0.39, 0.29) is 0 Å². The molecule has 2 nitrogen and oxygen atoms in total. The van der Waals surface area contributed by atoms with Crippen LogP contribution in [0.2, 0.25) is 0 Å². The van der Waals surface area contributed by atoms with Crippen LogP contribution in [-0.4, -0.2) is 5.11 Å². The number of benzene rings is 2. The van der Waals surface area contributed by atoms with E-state index in [2.05, 4.69) is 10.6 Å². The Bertz CT molecular complexity index is 796. The average Bonchev–Trinajstić information content (AvgIpc) is 3.04. The maximum Gasteiger partial charge on any atom is 0.416 e. The van der Waals surface area contributed by atoms with Crippen LogP contribution in [0.5, 0.6) is 0 Å². The van der Waals surface area contributed by atoms with Crippen molar-refractivity contribution in [3.63, 3.8) is 0 Å². The number of alkyl halides is 3. The molecule has 0 aromatic heterocycles. The molecule has 0 atom stereocenters. The third-order valence-electron chi connectivity index (χ3n) is 4.83. The molecule has 0 saturated heterocycles. The summed E-state index contributed by atoms with van der Waals surface area (Å²) < 4.78 is 39.3. The lowest BCUT2D eigenvalue weighted by Gasteiger charge is -2.33. The number of halogens is 3. The van der Waals surface area contributed by atoms with Crippen molar-refractivity contribution in [2.24, 2.45) is 0 Å². The first-order valence-electron chi connectivity index (χ1n) is 8.62. The molecule has 1 aliphatic rings. The number of rotatable bonds is 3. The molecule has 6 heteroatoms. The number of hydrogen-bond donors (Lipinski definition) is 2. The fraction of sp³-hybridized carbons (Fsp3) is 0.350. The lowest BCUT2D eigenvalue weighted by Crippen LogP contribution is -2.45. The maximum absolute atomic E-state index is 13.1. The van der Waals surface area contributed by atoms with Gasteiger partial charge in [0.2, 0.25) is 0 Å². The lowest BCUT2D eigenvalue weighted by atomic mass is 9.87. The number of aryl methyl sites for hydroxylation is 1. The molecule has 2 N–H and O–H groups in total. The van der Waals surface area contributed by atoms with Gasteiger partial charge in [0.15, 0.2) is 5.11 Å². The van der Waals surface area contributed by atoms with Gasteiger partial charge in [-0.3, -0.25) is 0 Å². The molecule has 1 fully saturated rings. The predicted molar refractivity (Wildman–Crippen MR) is 102 cm³/mol. The Balaban J connectivity index is 1.83. The Morgan fingerprint density at radius 3 is 2.38 bits per heavy atom. The van der Waals surface area contributed by atoms with Crippen LogP contribution < -0.4 is 10.6 Å². The summed E-state index contributed by atoms with van der Waals surface area (Å²) in [6.07, 6.45) is -0.934. The Labute approximate surface area is 156 Å². The van der Waals surface area contributed by atoms with Gasteiger partial charge in [0.1, 0.15) is 0 Å². The number of hydrogen-bond acceptors (Lipinski definition) is 1. The third-order valence-corrected chi connectivity index (χ3v) is 5.03. The van der Waals surface area contributed by atoms with Crippen LogP contribution in [0.1, 0.15) is 42.4 Å². The highest BCUT2D eigenvalue weighted by molar-refractivity contribution is 7.80. The molecule has 2 aromatic carbocycles. The van der Waals surface area contributed by atoms with E-state index in [0.29, 0.717) is 10.7 Å². The normalized spacial score (nSPS) is 16.3. The van der Waals surface area contributed by atoms with Crippen molar-refractivity contribution >= 4 is 23.0 Å². The van der Waals surface area contributed by atoms with Crippen molar-refractivity contribution in [2.75, 3.05) is 5.32 Å². The highest BCUT2D eigenvalue weighted by Crippen LogP contribution is 2.40. The van der Waals surface area contributed by atoms with Crippen LogP contribution in [0.3, 0.4) is 0 Å². The maximum atomic E-state index is 13.1. The van der Waals surface area contributed by atoms with Crippen molar-refractivity contribution in [1.29, 1.82) is 0 Å². The van der Waals surface area contributed by atoms with E-state index in [0.717, 1.165) is 43.0 Å². The largest absolute Gasteiger partial charge is 0.416 e. The molecule has 0 heterocycles. The molecule has 26 heavy (non-hydrogen) atoms. The standard InChI is InChI=1S/C20H21F3N2S/c1-14-6-4-9-17(12-14)24-18(26)25-19(10-2-3-11-19)15-7-5-8-16(13-15)20(21,22)23/h4-9,12-13H,2-3,10-11H2,1H3,(H2,24,25,26). The van der Waals surface area contributed by atoms with Crippen LogP contribution in [0, 0.1) is 6.92 Å². The number of anilines is 1. The summed E-state index contributed by atoms with van der Waals surface area (Å²) in [4.78, 5) is 0. The molecule has 0 unspecified atom stereocenters. The smallest absolute Gasteiger partial charge is 0.353 e. The van der Waals surface area contributed by atoms with Crippen molar-refractivity contribution < 1.29 is 13.2 Å². The van der Waals surface area contributed by atoms with E-state index >= 15 is 0 Å². The van der Waals surface area contributed by atoms with Gasteiger partial charge in [-0.1, -0.05) is 37.1 Å². The minimum absolute atomic E-state index is 0.426. The first-order chi connectivity index (χ1) is 12.3. The summed E-state index contributed by atoms with van der Waals surface area (Å²) in [6, 6.07) is 13.4. The van der Waals surface area contributed by atoms with Crippen molar-refractivity contribution in [3.05, 3.63) is 65.2 Å². The highest BCUT2D eigenvalue weighted by Gasteiger charge is 2.38. The Kier molecular flexibility index (Phi) is 5.23. The predicted octanol–water partition coefficient (Wildman–Crippen LogP) is 5.77. The highest BCUT2D eigenvalue weighted by atomic mass is 32.1. The fourth-order valence-corrected chi connectivity index (χ4v) is 3.87. The van der Waals surface area contributed by atoms with Gasteiger partial charge in [0.25, 0.3) is 0 Å². The summed E-state index contributed by atoms with van der Waals surface area (Å²) in [5, 5.41) is 6.88. The molecule has 0 radical (unpaired) electrons. The van der Waals surface area contributed by atoms with Gasteiger partial charge in [-0.25, -0.2) is 0 Å². The summed E-state index contributed by atoms with van der Waals surface area (Å²) in [7, 11) is 0. The van der Waals surface area contributed by atoms with Gasteiger partial charge < -0.3 is 10.6 Å². The third kappa shape index (κ3) is 4.18. The molecule has 3 rings (SSSR count).